The van der Waals surface area contributed by atoms with E-state index in [4.69, 9.17) is 4.74 Å². The smallest absolute Gasteiger partial charge is 0.278 e. The van der Waals surface area contributed by atoms with Crippen molar-refractivity contribution in [3.05, 3.63) is 100 Å². The van der Waals surface area contributed by atoms with Crippen molar-refractivity contribution in [3.63, 3.8) is 0 Å². The van der Waals surface area contributed by atoms with E-state index in [-0.39, 0.29) is 30.8 Å². The van der Waals surface area contributed by atoms with Crippen LogP contribution in [0.4, 0.5) is 4.39 Å². The second-order valence-corrected chi connectivity index (χ2v) is 8.11. The molecule has 1 N–H and O–H groups in total. The van der Waals surface area contributed by atoms with Gasteiger partial charge in [-0.15, -0.1) is 0 Å². The number of fused-ring (bicyclic) bond motifs is 5. The Bertz CT molecular complexity index is 1320. The summed E-state index contributed by atoms with van der Waals surface area (Å²) < 4.78 is 22.3. The predicted octanol–water partition coefficient (Wildman–Crippen LogP) is 2.96. The molecule has 0 saturated heterocycles. The van der Waals surface area contributed by atoms with Gasteiger partial charge in [0.25, 0.3) is 5.91 Å². The largest absolute Gasteiger partial charge is 0.502 e. The average molecular weight is 462 g/mol. The van der Waals surface area contributed by atoms with Crippen molar-refractivity contribution >= 4 is 5.91 Å². The van der Waals surface area contributed by atoms with Crippen molar-refractivity contribution < 1.29 is 19.0 Å². The van der Waals surface area contributed by atoms with Gasteiger partial charge in [0, 0.05) is 24.0 Å². The summed E-state index contributed by atoms with van der Waals surface area (Å²) in [6, 6.07) is 10.2. The van der Waals surface area contributed by atoms with Gasteiger partial charge in [-0.3, -0.25) is 24.3 Å². The number of pyridine rings is 2. The summed E-state index contributed by atoms with van der Waals surface area (Å²) in [6.07, 6.45) is 7.23. The number of aromatic hydroxyl groups is 1. The Morgan fingerprint density at radius 2 is 2.03 bits per heavy atom. The zero-order valence-corrected chi connectivity index (χ0v) is 18.5. The Morgan fingerprint density at radius 3 is 2.79 bits per heavy atom. The van der Waals surface area contributed by atoms with Crippen LogP contribution in [0.5, 0.6) is 11.5 Å². The SMILES string of the molecule is CC[C@H]1/C=C\COc2c(F)cccc2[C@@H](c2ccccn2)N2CN1C(=O)c1c(O)c(=O)ccn12. The first-order valence-electron chi connectivity index (χ1n) is 11.0. The zero-order chi connectivity index (χ0) is 23.8. The number of carbonyl (C=O) groups excluding carboxylic acids is 1. The molecule has 3 aromatic rings. The minimum absolute atomic E-state index is 0.0769. The van der Waals surface area contributed by atoms with Gasteiger partial charge in [-0.1, -0.05) is 31.2 Å². The van der Waals surface area contributed by atoms with Crippen LogP contribution in [0.3, 0.4) is 0 Å². The average Bonchev–Trinajstić information content (AvgIpc) is 2.87. The number of amides is 1. The van der Waals surface area contributed by atoms with Crippen LogP contribution in [0.2, 0.25) is 0 Å². The molecule has 0 radical (unpaired) electrons. The number of hydrogen-bond acceptors (Lipinski definition) is 6. The van der Waals surface area contributed by atoms with Crippen LogP contribution >= 0.6 is 0 Å². The van der Waals surface area contributed by atoms with E-state index in [1.807, 2.05) is 19.1 Å². The third kappa shape index (κ3) is 3.49. The van der Waals surface area contributed by atoms with Gasteiger partial charge in [-0.2, -0.15) is 0 Å². The molecule has 1 amide bonds. The number of halogens is 1. The number of benzene rings is 1. The molecule has 2 bridgehead atoms. The van der Waals surface area contributed by atoms with E-state index in [0.717, 1.165) is 0 Å². The highest BCUT2D eigenvalue weighted by atomic mass is 19.1. The molecule has 8 nitrogen and oxygen atoms in total. The van der Waals surface area contributed by atoms with E-state index in [0.29, 0.717) is 17.7 Å². The summed E-state index contributed by atoms with van der Waals surface area (Å²) in [5.41, 5.74) is 0.278. The number of carbonyl (C=O) groups is 1. The molecule has 174 valence electrons. The fourth-order valence-corrected chi connectivity index (χ4v) is 4.52. The maximum Gasteiger partial charge on any atom is 0.278 e. The molecule has 34 heavy (non-hydrogen) atoms. The van der Waals surface area contributed by atoms with E-state index in [1.165, 1.54) is 23.0 Å². The minimum atomic E-state index is -0.696. The van der Waals surface area contributed by atoms with Crippen LogP contribution in [-0.2, 0) is 0 Å². The van der Waals surface area contributed by atoms with Gasteiger partial charge < -0.3 is 14.7 Å². The van der Waals surface area contributed by atoms with Gasteiger partial charge in [0.2, 0.25) is 5.43 Å². The lowest BCUT2D eigenvalue weighted by Gasteiger charge is -2.45. The summed E-state index contributed by atoms with van der Waals surface area (Å²) in [4.78, 5) is 31.9. The van der Waals surface area contributed by atoms with E-state index >= 15 is 4.39 Å². The fraction of sp³-hybridized carbons (Fsp3) is 0.240. The summed E-state index contributed by atoms with van der Waals surface area (Å²) in [5.74, 6) is -1.55. The Morgan fingerprint density at radius 1 is 1.18 bits per heavy atom. The van der Waals surface area contributed by atoms with Crippen LogP contribution in [-0.4, -0.2) is 44.9 Å². The molecule has 2 aromatic heterocycles. The normalized spacial score (nSPS) is 20.6. The topological polar surface area (TPSA) is 87.9 Å². The number of para-hydroxylation sites is 1. The molecule has 2 aliphatic rings. The van der Waals surface area contributed by atoms with Crippen LogP contribution in [0.1, 0.15) is 41.1 Å². The first-order chi connectivity index (χ1) is 16.5. The highest BCUT2D eigenvalue weighted by molar-refractivity contribution is 5.96. The number of hydrogen-bond donors (Lipinski definition) is 1. The maximum absolute atomic E-state index is 15.0. The number of nitrogens with zero attached hydrogens (tertiary/aromatic N) is 4. The lowest BCUT2D eigenvalue weighted by Crippen LogP contribution is -2.57. The van der Waals surface area contributed by atoms with Gasteiger partial charge in [0.05, 0.1) is 11.7 Å². The highest BCUT2D eigenvalue weighted by Gasteiger charge is 2.40. The van der Waals surface area contributed by atoms with Gasteiger partial charge >= 0.3 is 0 Å². The monoisotopic (exact) mass is 462 g/mol. The second kappa shape index (κ2) is 8.66. The summed E-state index contributed by atoms with van der Waals surface area (Å²) >= 11 is 0. The Kier molecular flexibility index (Phi) is 5.53. The Hall–Kier alpha value is -4.14. The van der Waals surface area contributed by atoms with Crippen molar-refractivity contribution in [1.82, 2.24) is 14.6 Å². The van der Waals surface area contributed by atoms with Crippen LogP contribution < -0.4 is 15.2 Å². The molecule has 4 heterocycles. The van der Waals surface area contributed by atoms with Crippen molar-refractivity contribution in [2.45, 2.75) is 25.4 Å². The number of ether oxygens (including phenoxy) is 1. The lowest BCUT2D eigenvalue weighted by molar-refractivity contribution is 0.0625. The van der Waals surface area contributed by atoms with Gasteiger partial charge in [-0.05, 0) is 30.7 Å². The van der Waals surface area contributed by atoms with Crippen LogP contribution in [0, 0.1) is 5.82 Å². The quantitative estimate of drug-likeness (QED) is 0.590. The van der Waals surface area contributed by atoms with E-state index in [9.17, 15) is 14.7 Å². The third-order valence-corrected chi connectivity index (χ3v) is 6.15. The van der Waals surface area contributed by atoms with Crippen molar-refractivity contribution in [2.24, 2.45) is 0 Å². The zero-order valence-electron chi connectivity index (χ0n) is 18.5. The second-order valence-electron chi connectivity index (χ2n) is 8.11. The molecule has 1 aromatic carbocycles. The molecule has 9 heteroatoms. The van der Waals surface area contributed by atoms with E-state index in [1.54, 1.807) is 46.4 Å². The standard InChI is InChI=1S/C25H23FN4O4/c1-2-16-7-6-14-34-24-17(8-5-9-18(24)26)21(19-10-3-4-12-27-19)30-15-28(16)25(33)22-23(32)20(31)11-13-29(22)30/h3-13,16,21,32H,2,14-15H2,1H3/b7-6-/t16-,21-/m0/s1. The van der Waals surface area contributed by atoms with Crippen LogP contribution in [0.25, 0.3) is 0 Å². The van der Waals surface area contributed by atoms with Gasteiger partial charge in [0.1, 0.15) is 19.3 Å². The van der Waals surface area contributed by atoms with Crippen LogP contribution in [0.15, 0.2) is 71.8 Å². The van der Waals surface area contributed by atoms with Gasteiger partial charge in [0.15, 0.2) is 23.0 Å². The van der Waals surface area contributed by atoms with Gasteiger partial charge in [-0.25, -0.2) is 4.39 Å². The third-order valence-electron chi connectivity index (χ3n) is 6.15. The lowest BCUT2D eigenvalue weighted by atomic mass is 10.0. The molecule has 0 unspecified atom stereocenters. The van der Waals surface area contributed by atoms with Crippen molar-refractivity contribution in [2.75, 3.05) is 18.3 Å². The molecule has 0 aliphatic carbocycles. The van der Waals surface area contributed by atoms with Crippen molar-refractivity contribution in [3.8, 4) is 11.5 Å². The Labute approximate surface area is 195 Å². The Balaban J connectivity index is 1.83. The molecule has 2 atom stereocenters. The molecule has 0 spiro atoms. The first kappa shape index (κ1) is 21.7. The number of aromatic nitrogens is 2. The minimum Gasteiger partial charge on any atom is -0.502 e. The molecule has 0 fully saturated rings. The maximum atomic E-state index is 15.0. The van der Waals surface area contributed by atoms with Crippen molar-refractivity contribution in [1.29, 1.82) is 0 Å². The van der Waals surface area contributed by atoms with E-state index in [2.05, 4.69) is 4.98 Å². The molecule has 0 saturated carbocycles. The fourth-order valence-electron chi connectivity index (χ4n) is 4.52. The summed E-state index contributed by atoms with van der Waals surface area (Å²) in [6.45, 7) is 2.15. The first-order valence-corrected chi connectivity index (χ1v) is 11.0. The summed E-state index contributed by atoms with van der Waals surface area (Å²) in [7, 11) is 0. The predicted molar refractivity (Wildman–Crippen MR) is 123 cm³/mol. The highest BCUT2D eigenvalue weighted by Crippen LogP contribution is 2.38. The van der Waals surface area contributed by atoms with E-state index < -0.39 is 28.9 Å². The number of rotatable bonds is 2. The summed E-state index contributed by atoms with van der Waals surface area (Å²) in [5, 5.41) is 12.4. The molecule has 2 aliphatic heterocycles. The molecular formula is C25H23FN4O4. The molecule has 5 rings (SSSR count). The molecular weight excluding hydrogens is 439 g/mol.